The van der Waals surface area contributed by atoms with Crippen LogP contribution < -0.4 is 0 Å². The summed E-state index contributed by atoms with van der Waals surface area (Å²) in [7, 11) is 0. The minimum absolute atomic E-state index is 0.511. The number of nitrogens with zero attached hydrogens (tertiary/aromatic N) is 2. The lowest BCUT2D eigenvalue weighted by Gasteiger charge is -2.38. The molecule has 0 aromatic rings. The van der Waals surface area contributed by atoms with Gasteiger partial charge >= 0.3 is 0 Å². The van der Waals surface area contributed by atoms with Gasteiger partial charge in [-0.05, 0) is 13.8 Å². The Labute approximate surface area is 73.7 Å². The van der Waals surface area contributed by atoms with E-state index >= 15 is 0 Å². The van der Waals surface area contributed by atoms with Crippen molar-refractivity contribution < 1.29 is 0 Å². The molecule has 1 saturated heterocycles. The summed E-state index contributed by atoms with van der Waals surface area (Å²) < 4.78 is 4.13. The van der Waals surface area contributed by atoms with E-state index in [4.69, 9.17) is 0 Å². The molecule has 0 amide bonds. The van der Waals surface area contributed by atoms with Crippen LogP contribution in [-0.2, 0) is 0 Å². The lowest BCUT2D eigenvalue weighted by Crippen LogP contribution is -2.49. The van der Waals surface area contributed by atoms with Crippen LogP contribution in [0.25, 0.3) is 0 Å². The predicted molar refractivity (Wildman–Crippen MR) is 50.3 cm³/mol. The maximum atomic E-state index is 4.33. The fourth-order valence-electron chi connectivity index (χ4n) is 1.09. The first-order valence-electron chi connectivity index (χ1n) is 3.52. The van der Waals surface area contributed by atoms with Crippen molar-refractivity contribution in [1.82, 2.24) is 8.61 Å². The van der Waals surface area contributed by atoms with E-state index in [0.717, 1.165) is 13.1 Å². The Morgan fingerprint density at radius 3 is 1.60 bits per heavy atom. The number of hydrogen-bond donors (Lipinski definition) is 2. The van der Waals surface area contributed by atoms with Gasteiger partial charge in [-0.2, -0.15) is 0 Å². The normalized spacial score (nSPS) is 38.4. The van der Waals surface area contributed by atoms with Crippen molar-refractivity contribution in [3.63, 3.8) is 0 Å². The van der Waals surface area contributed by atoms with Crippen LogP contribution in [0.5, 0.6) is 0 Å². The summed E-state index contributed by atoms with van der Waals surface area (Å²) in [6, 6.07) is 1.02. The van der Waals surface area contributed by atoms with Gasteiger partial charge in [0.2, 0.25) is 0 Å². The van der Waals surface area contributed by atoms with Crippen molar-refractivity contribution in [2.45, 2.75) is 25.9 Å². The SMILES string of the molecule is CC1CN(S)C(C)CN1S. The highest BCUT2D eigenvalue weighted by Gasteiger charge is 2.24. The third-order valence-electron chi connectivity index (χ3n) is 1.92. The van der Waals surface area contributed by atoms with Gasteiger partial charge in [-0.1, -0.05) is 25.6 Å². The number of thiol groups is 2. The Kier molecular flexibility index (Phi) is 2.91. The largest absolute Gasteiger partial charge is 0.248 e. The topological polar surface area (TPSA) is 6.48 Å². The summed E-state index contributed by atoms with van der Waals surface area (Å²) in [5.41, 5.74) is 0. The maximum Gasteiger partial charge on any atom is 0.0309 e. The van der Waals surface area contributed by atoms with Crippen LogP contribution in [0.3, 0.4) is 0 Å². The van der Waals surface area contributed by atoms with Crippen LogP contribution >= 0.6 is 25.6 Å². The van der Waals surface area contributed by atoms with Crippen LogP contribution in [0.4, 0.5) is 0 Å². The lowest BCUT2D eigenvalue weighted by atomic mass is 10.2. The molecule has 0 aliphatic carbocycles. The molecule has 1 rings (SSSR count). The van der Waals surface area contributed by atoms with Crippen LogP contribution in [0.2, 0.25) is 0 Å². The monoisotopic (exact) mass is 178 g/mol. The van der Waals surface area contributed by atoms with E-state index in [1.54, 1.807) is 0 Å². The van der Waals surface area contributed by atoms with Gasteiger partial charge in [-0.15, -0.1) is 0 Å². The van der Waals surface area contributed by atoms with E-state index < -0.39 is 0 Å². The van der Waals surface area contributed by atoms with E-state index in [9.17, 15) is 0 Å². The van der Waals surface area contributed by atoms with Crippen molar-refractivity contribution in [1.29, 1.82) is 0 Å². The van der Waals surface area contributed by atoms with Gasteiger partial charge in [0.1, 0.15) is 0 Å². The zero-order valence-electron chi connectivity index (χ0n) is 6.36. The first-order valence-corrected chi connectivity index (χ1v) is 4.32. The lowest BCUT2D eigenvalue weighted by molar-refractivity contribution is 0.191. The van der Waals surface area contributed by atoms with Crippen molar-refractivity contribution in [2.75, 3.05) is 13.1 Å². The van der Waals surface area contributed by atoms with E-state index in [-0.39, 0.29) is 0 Å². The summed E-state index contributed by atoms with van der Waals surface area (Å²) in [5, 5.41) is 0. The predicted octanol–water partition coefficient (Wildman–Crippen LogP) is 1.07. The molecule has 0 radical (unpaired) electrons. The Hall–Kier alpha value is 0.620. The summed E-state index contributed by atoms with van der Waals surface area (Å²) in [5.74, 6) is 0. The fourth-order valence-corrected chi connectivity index (χ4v) is 1.71. The van der Waals surface area contributed by atoms with Gasteiger partial charge in [0, 0.05) is 25.2 Å². The van der Waals surface area contributed by atoms with E-state index in [1.807, 2.05) is 0 Å². The number of hydrogen-bond acceptors (Lipinski definition) is 4. The van der Waals surface area contributed by atoms with Crippen molar-refractivity contribution in [3.05, 3.63) is 0 Å². The molecule has 4 heteroatoms. The number of rotatable bonds is 0. The van der Waals surface area contributed by atoms with E-state index in [1.165, 1.54) is 0 Å². The van der Waals surface area contributed by atoms with Gasteiger partial charge in [0.05, 0.1) is 0 Å². The summed E-state index contributed by atoms with van der Waals surface area (Å²) in [6.07, 6.45) is 0. The molecule has 0 aromatic heterocycles. The molecule has 0 saturated carbocycles. The Balaban J connectivity index is 2.46. The smallest absolute Gasteiger partial charge is 0.0309 e. The van der Waals surface area contributed by atoms with Gasteiger partial charge < -0.3 is 0 Å². The second-order valence-corrected chi connectivity index (χ2v) is 3.97. The second-order valence-electron chi connectivity index (χ2n) is 2.94. The standard InChI is InChI=1S/C6H14N2S2/c1-5-3-8(10)6(2)4-7(5)9/h5-6,9-10H,3-4H2,1-2H3. The summed E-state index contributed by atoms with van der Waals surface area (Å²) >= 11 is 8.66. The highest BCUT2D eigenvalue weighted by Crippen LogP contribution is 2.17. The molecule has 0 N–H and O–H groups in total. The van der Waals surface area contributed by atoms with Crippen LogP contribution in [0, 0.1) is 0 Å². The van der Waals surface area contributed by atoms with Gasteiger partial charge in [0.25, 0.3) is 0 Å². The highest BCUT2D eigenvalue weighted by molar-refractivity contribution is 7.78. The minimum atomic E-state index is 0.511. The van der Waals surface area contributed by atoms with Crippen molar-refractivity contribution >= 4 is 25.6 Å². The minimum Gasteiger partial charge on any atom is -0.248 e. The Morgan fingerprint density at radius 2 is 1.30 bits per heavy atom. The molecule has 0 aromatic carbocycles. The molecule has 2 unspecified atom stereocenters. The highest BCUT2D eigenvalue weighted by atomic mass is 32.1. The molecule has 1 heterocycles. The molecule has 2 nitrogen and oxygen atoms in total. The molecule has 0 bridgehead atoms. The average molecular weight is 178 g/mol. The zero-order chi connectivity index (χ0) is 7.72. The van der Waals surface area contributed by atoms with Crippen molar-refractivity contribution in [2.24, 2.45) is 0 Å². The Bertz CT molecular complexity index is 94.3. The molecule has 1 aliphatic heterocycles. The molecule has 60 valence electrons. The van der Waals surface area contributed by atoms with Gasteiger partial charge in [-0.25, -0.2) is 8.61 Å². The summed E-state index contributed by atoms with van der Waals surface area (Å²) in [4.78, 5) is 0. The number of piperazine rings is 1. The molecular formula is C6H14N2S2. The first-order chi connectivity index (χ1) is 4.61. The van der Waals surface area contributed by atoms with E-state index in [0.29, 0.717) is 12.1 Å². The van der Waals surface area contributed by atoms with Crippen LogP contribution in [0.15, 0.2) is 0 Å². The molecule has 1 aliphatic rings. The average Bonchev–Trinajstić information content (AvgIpc) is 1.84. The zero-order valence-corrected chi connectivity index (χ0v) is 8.15. The van der Waals surface area contributed by atoms with Crippen LogP contribution in [0.1, 0.15) is 13.8 Å². The first kappa shape index (κ1) is 8.71. The van der Waals surface area contributed by atoms with Gasteiger partial charge in [0.15, 0.2) is 0 Å². The fraction of sp³-hybridized carbons (Fsp3) is 1.00. The molecule has 10 heavy (non-hydrogen) atoms. The van der Waals surface area contributed by atoms with Crippen LogP contribution in [-0.4, -0.2) is 33.8 Å². The summed E-state index contributed by atoms with van der Waals surface area (Å²) in [6.45, 7) is 6.30. The molecule has 2 atom stereocenters. The molecule has 0 spiro atoms. The molecule has 1 fully saturated rings. The quantitative estimate of drug-likeness (QED) is 0.536. The van der Waals surface area contributed by atoms with Gasteiger partial charge in [-0.3, -0.25) is 0 Å². The third kappa shape index (κ3) is 1.81. The Morgan fingerprint density at radius 1 is 1.00 bits per heavy atom. The second kappa shape index (κ2) is 3.34. The van der Waals surface area contributed by atoms with Crippen molar-refractivity contribution in [3.8, 4) is 0 Å². The molecular weight excluding hydrogens is 164 g/mol. The third-order valence-corrected chi connectivity index (χ3v) is 3.04. The van der Waals surface area contributed by atoms with E-state index in [2.05, 4.69) is 48.1 Å². The maximum absolute atomic E-state index is 4.33.